The van der Waals surface area contributed by atoms with E-state index in [9.17, 15) is 4.79 Å². The van der Waals surface area contributed by atoms with E-state index in [2.05, 4.69) is 10.2 Å². The molecule has 1 aromatic rings. The van der Waals surface area contributed by atoms with Gasteiger partial charge in [0.05, 0.1) is 18.1 Å². The summed E-state index contributed by atoms with van der Waals surface area (Å²) in [6.07, 6.45) is 5.56. The maximum Gasteiger partial charge on any atom is 0.230 e. The molecular formula is C20H27ClN2O2. The van der Waals surface area contributed by atoms with Gasteiger partial charge in [0.1, 0.15) is 0 Å². The Morgan fingerprint density at radius 2 is 2.08 bits per heavy atom. The Kier molecular flexibility index (Phi) is 5.03. The van der Waals surface area contributed by atoms with E-state index in [4.69, 9.17) is 16.3 Å². The van der Waals surface area contributed by atoms with Gasteiger partial charge in [-0.15, -0.1) is 0 Å². The maximum absolute atomic E-state index is 13.1. The van der Waals surface area contributed by atoms with Crippen molar-refractivity contribution in [1.29, 1.82) is 0 Å². The molecule has 0 aromatic heterocycles. The van der Waals surface area contributed by atoms with Crippen LogP contribution in [0, 0.1) is 11.3 Å². The molecule has 2 saturated heterocycles. The van der Waals surface area contributed by atoms with Crippen LogP contribution in [-0.2, 0) is 16.1 Å². The second-order valence-electron chi connectivity index (χ2n) is 7.98. The summed E-state index contributed by atoms with van der Waals surface area (Å²) in [5.74, 6) is 1.07. The van der Waals surface area contributed by atoms with Crippen molar-refractivity contribution >= 4 is 17.5 Å². The fourth-order valence-electron chi connectivity index (χ4n) is 4.25. The average molecular weight is 363 g/mol. The van der Waals surface area contributed by atoms with Crippen LogP contribution in [0.3, 0.4) is 0 Å². The minimum Gasteiger partial charge on any atom is -0.372 e. The number of ether oxygens (including phenoxy) is 1. The van der Waals surface area contributed by atoms with Gasteiger partial charge in [0.25, 0.3) is 0 Å². The largest absolute Gasteiger partial charge is 0.372 e. The molecule has 1 aliphatic carbocycles. The summed E-state index contributed by atoms with van der Waals surface area (Å²) in [5, 5.41) is 4.19. The topological polar surface area (TPSA) is 41.6 Å². The molecule has 1 amide bonds. The summed E-state index contributed by atoms with van der Waals surface area (Å²) >= 11 is 5.96. The Morgan fingerprint density at radius 1 is 1.28 bits per heavy atom. The number of piperidine rings is 2. The predicted octanol–water partition coefficient (Wildman–Crippen LogP) is 3.24. The van der Waals surface area contributed by atoms with E-state index in [1.165, 1.54) is 12.8 Å². The van der Waals surface area contributed by atoms with Crippen LogP contribution in [0.4, 0.5) is 0 Å². The van der Waals surface area contributed by atoms with Gasteiger partial charge in [-0.3, -0.25) is 4.79 Å². The number of hydrogen-bond donors (Lipinski definition) is 1. The molecule has 1 N–H and O–H groups in total. The van der Waals surface area contributed by atoms with Crippen molar-refractivity contribution in [1.82, 2.24) is 10.2 Å². The molecule has 2 aliphatic heterocycles. The van der Waals surface area contributed by atoms with E-state index in [0.29, 0.717) is 18.4 Å². The number of nitrogens with one attached hydrogen (secondary N) is 1. The fraction of sp³-hybridized carbons (Fsp3) is 0.650. The van der Waals surface area contributed by atoms with Gasteiger partial charge in [-0.2, -0.15) is 0 Å². The molecule has 1 spiro atoms. The van der Waals surface area contributed by atoms with Gasteiger partial charge in [-0.25, -0.2) is 0 Å². The minimum absolute atomic E-state index is 0.118. The van der Waals surface area contributed by atoms with Gasteiger partial charge in [0.2, 0.25) is 5.91 Å². The molecule has 136 valence electrons. The lowest BCUT2D eigenvalue weighted by Crippen LogP contribution is -2.59. The molecule has 0 radical (unpaired) electrons. The molecule has 1 aromatic carbocycles. The van der Waals surface area contributed by atoms with Crippen LogP contribution in [0.5, 0.6) is 0 Å². The number of carbonyl (C=O) groups excluding carboxylic acids is 1. The molecule has 4 nitrogen and oxygen atoms in total. The zero-order chi connectivity index (χ0) is 17.3. The standard InChI is InChI=1S/C20H27ClN2O2/c21-17-6-4-16(5-7-17)13-25-18-10-20(8-1-9-22-14-20)19(24)23(12-18)11-15-2-3-15/h4-7,15,18,22H,1-3,8-14H2/t18-,20+/m0/s1. The molecule has 25 heavy (non-hydrogen) atoms. The summed E-state index contributed by atoms with van der Waals surface area (Å²) < 4.78 is 6.25. The molecule has 5 heteroatoms. The molecule has 2 atom stereocenters. The summed E-state index contributed by atoms with van der Waals surface area (Å²) in [5.41, 5.74) is 0.877. The Balaban J connectivity index is 1.44. The van der Waals surface area contributed by atoms with E-state index in [-0.39, 0.29) is 11.5 Å². The Bertz CT molecular complexity index is 609. The van der Waals surface area contributed by atoms with Crippen LogP contribution in [0.25, 0.3) is 0 Å². The van der Waals surface area contributed by atoms with Gasteiger partial charge in [0.15, 0.2) is 0 Å². The monoisotopic (exact) mass is 362 g/mol. The normalized spacial score (nSPS) is 30.0. The summed E-state index contributed by atoms with van der Waals surface area (Å²) in [6.45, 7) is 4.06. The van der Waals surface area contributed by atoms with Crippen molar-refractivity contribution in [3.05, 3.63) is 34.9 Å². The first kappa shape index (κ1) is 17.3. The second kappa shape index (κ2) is 7.26. The molecule has 0 bridgehead atoms. The lowest BCUT2D eigenvalue weighted by molar-refractivity contribution is -0.157. The number of benzene rings is 1. The Hall–Kier alpha value is -1.10. The molecule has 3 aliphatic rings. The van der Waals surface area contributed by atoms with E-state index < -0.39 is 0 Å². The maximum atomic E-state index is 13.1. The van der Waals surface area contributed by atoms with Crippen molar-refractivity contribution in [3.8, 4) is 0 Å². The highest BCUT2D eigenvalue weighted by molar-refractivity contribution is 6.30. The zero-order valence-corrected chi connectivity index (χ0v) is 15.4. The third kappa shape index (κ3) is 4.02. The first-order valence-corrected chi connectivity index (χ1v) is 9.89. The third-order valence-electron chi connectivity index (χ3n) is 5.83. The van der Waals surface area contributed by atoms with Crippen molar-refractivity contribution in [3.63, 3.8) is 0 Å². The zero-order valence-electron chi connectivity index (χ0n) is 14.7. The highest BCUT2D eigenvalue weighted by Gasteiger charge is 2.48. The minimum atomic E-state index is -0.254. The van der Waals surface area contributed by atoms with Crippen LogP contribution in [-0.4, -0.2) is 43.1 Å². The lowest BCUT2D eigenvalue weighted by atomic mass is 9.72. The number of hydrogen-bond acceptors (Lipinski definition) is 3. The van der Waals surface area contributed by atoms with Crippen molar-refractivity contribution in [2.24, 2.45) is 11.3 Å². The van der Waals surface area contributed by atoms with Gasteiger partial charge in [0, 0.05) is 24.7 Å². The highest BCUT2D eigenvalue weighted by Crippen LogP contribution is 2.40. The Morgan fingerprint density at radius 3 is 2.76 bits per heavy atom. The summed E-state index contributed by atoms with van der Waals surface area (Å²) in [4.78, 5) is 15.2. The molecule has 2 heterocycles. The number of rotatable bonds is 5. The van der Waals surface area contributed by atoms with Crippen LogP contribution in [0.2, 0.25) is 5.02 Å². The quantitative estimate of drug-likeness (QED) is 0.874. The van der Waals surface area contributed by atoms with Gasteiger partial charge >= 0.3 is 0 Å². The van der Waals surface area contributed by atoms with E-state index >= 15 is 0 Å². The number of amides is 1. The highest BCUT2D eigenvalue weighted by atomic mass is 35.5. The predicted molar refractivity (Wildman–Crippen MR) is 98.5 cm³/mol. The molecule has 3 fully saturated rings. The van der Waals surface area contributed by atoms with Crippen molar-refractivity contribution < 1.29 is 9.53 Å². The molecule has 4 rings (SSSR count). The second-order valence-corrected chi connectivity index (χ2v) is 8.41. The van der Waals surface area contributed by atoms with E-state index in [1.807, 2.05) is 24.3 Å². The Labute approximate surface area is 154 Å². The average Bonchev–Trinajstić information content (AvgIpc) is 3.44. The number of carbonyl (C=O) groups is 1. The van der Waals surface area contributed by atoms with Crippen LogP contribution >= 0.6 is 11.6 Å². The summed E-state index contributed by atoms with van der Waals surface area (Å²) in [7, 11) is 0. The third-order valence-corrected chi connectivity index (χ3v) is 6.08. The number of nitrogens with zero attached hydrogens (tertiary/aromatic N) is 1. The van der Waals surface area contributed by atoms with Gasteiger partial charge in [-0.1, -0.05) is 23.7 Å². The molecule has 0 unspecified atom stereocenters. The van der Waals surface area contributed by atoms with Crippen molar-refractivity contribution in [2.45, 2.75) is 44.8 Å². The van der Waals surface area contributed by atoms with Crippen LogP contribution in [0.1, 0.15) is 37.7 Å². The van der Waals surface area contributed by atoms with E-state index in [0.717, 1.165) is 56.0 Å². The number of halogens is 1. The van der Waals surface area contributed by atoms with E-state index in [1.54, 1.807) is 0 Å². The van der Waals surface area contributed by atoms with Gasteiger partial charge in [-0.05, 0) is 62.3 Å². The van der Waals surface area contributed by atoms with Crippen molar-refractivity contribution in [2.75, 3.05) is 26.2 Å². The number of likely N-dealkylation sites (tertiary alicyclic amines) is 1. The smallest absolute Gasteiger partial charge is 0.230 e. The SMILES string of the molecule is O=C1N(CC2CC2)C[C@@H](OCc2ccc(Cl)cc2)C[C@@]12CCCNC2. The van der Waals surface area contributed by atoms with Gasteiger partial charge < -0.3 is 15.0 Å². The first-order chi connectivity index (χ1) is 12.1. The summed E-state index contributed by atoms with van der Waals surface area (Å²) in [6, 6.07) is 7.82. The lowest BCUT2D eigenvalue weighted by Gasteiger charge is -2.47. The van der Waals surface area contributed by atoms with Crippen LogP contribution in [0.15, 0.2) is 24.3 Å². The fourth-order valence-corrected chi connectivity index (χ4v) is 4.38. The molecular weight excluding hydrogens is 336 g/mol. The van der Waals surface area contributed by atoms with Crippen LogP contribution < -0.4 is 5.32 Å². The molecule has 1 saturated carbocycles. The first-order valence-electron chi connectivity index (χ1n) is 9.51.